The van der Waals surface area contributed by atoms with Gasteiger partial charge in [0.25, 0.3) is 0 Å². The SMILES string of the molecule is CCCC(=O)Oc1nn(Cc2ccc(F)cc2)c2ccc(OC)cc12. The summed E-state index contributed by atoms with van der Waals surface area (Å²) in [6.07, 6.45) is 1.03. The molecule has 0 bridgehead atoms. The predicted octanol–water partition coefficient (Wildman–Crippen LogP) is 3.94. The van der Waals surface area contributed by atoms with Crippen molar-refractivity contribution in [3.63, 3.8) is 0 Å². The number of carbonyl (C=O) groups is 1. The van der Waals surface area contributed by atoms with E-state index in [2.05, 4.69) is 5.10 Å². The number of hydrogen-bond acceptors (Lipinski definition) is 4. The zero-order chi connectivity index (χ0) is 17.8. The van der Waals surface area contributed by atoms with Crippen molar-refractivity contribution in [3.05, 3.63) is 53.8 Å². The number of aromatic nitrogens is 2. The lowest BCUT2D eigenvalue weighted by Crippen LogP contribution is -2.08. The average molecular weight is 342 g/mol. The molecule has 0 aliphatic rings. The summed E-state index contributed by atoms with van der Waals surface area (Å²) in [5, 5.41) is 5.13. The third kappa shape index (κ3) is 3.79. The monoisotopic (exact) mass is 342 g/mol. The summed E-state index contributed by atoms with van der Waals surface area (Å²) in [4.78, 5) is 11.9. The van der Waals surface area contributed by atoms with Crippen LogP contribution in [-0.4, -0.2) is 22.9 Å². The fraction of sp³-hybridized carbons (Fsp3) is 0.263. The van der Waals surface area contributed by atoms with E-state index in [1.54, 1.807) is 30.0 Å². The normalized spacial score (nSPS) is 10.8. The standard InChI is InChI=1S/C19H19FN2O3/c1-3-4-18(23)25-19-16-11-15(24-2)9-10-17(16)22(21-19)12-13-5-7-14(20)8-6-13/h5-11H,3-4,12H2,1-2H3. The Labute approximate surface area is 145 Å². The van der Waals surface area contributed by atoms with E-state index in [9.17, 15) is 9.18 Å². The van der Waals surface area contributed by atoms with Gasteiger partial charge in [-0.2, -0.15) is 0 Å². The molecule has 0 amide bonds. The van der Waals surface area contributed by atoms with Crippen molar-refractivity contribution in [1.29, 1.82) is 0 Å². The second-order valence-electron chi connectivity index (χ2n) is 5.70. The minimum Gasteiger partial charge on any atom is -0.497 e. The van der Waals surface area contributed by atoms with Crippen molar-refractivity contribution in [2.24, 2.45) is 0 Å². The smallest absolute Gasteiger partial charge is 0.312 e. The molecule has 2 aromatic carbocycles. The number of methoxy groups -OCH3 is 1. The first-order chi connectivity index (χ1) is 12.1. The predicted molar refractivity (Wildman–Crippen MR) is 92.3 cm³/mol. The number of benzene rings is 2. The molecule has 1 aromatic heterocycles. The van der Waals surface area contributed by atoms with Gasteiger partial charge in [0, 0.05) is 6.42 Å². The molecule has 0 aliphatic carbocycles. The highest BCUT2D eigenvalue weighted by molar-refractivity contribution is 5.88. The molecule has 0 saturated carbocycles. The number of carbonyl (C=O) groups excluding carboxylic acids is 1. The lowest BCUT2D eigenvalue weighted by atomic mass is 10.2. The minimum atomic E-state index is -0.321. The van der Waals surface area contributed by atoms with Crippen LogP contribution < -0.4 is 9.47 Å². The Morgan fingerprint density at radius 3 is 2.64 bits per heavy atom. The number of esters is 1. The Morgan fingerprint density at radius 2 is 1.96 bits per heavy atom. The first-order valence-electron chi connectivity index (χ1n) is 8.10. The van der Waals surface area contributed by atoms with Crippen molar-refractivity contribution < 1.29 is 18.7 Å². The van der Waals surface area contributed by atoms with E-state index < -0.39 is 0 Å². The van der Waals surface area contributed by atoms with Crippen LogP contribution in [-0.2, 0) is 11.3 Å². The third-order valence-electron chi connectivity index (χ3n) is 3.83. The van der Waals surface area contributed by atoms with E-state index in [-0.39, 0.29) is 17.7 Å². The largest absolute Gasteiger partial charge is 0.497 e. The van der Waals surface area contributed by atoms with Crippen molar-refractivity contribution in [2.45, 2.75) is 26.3 Å². The van der Waals surface area contributed by atoms with Crippen LogP contribution in [0.2, 0.25) is 0 Å². The van der Waals surface area contributed by atoms with Gasteiger partial charge in [-0.1, -0.05) is 19.1 Å². The Kier molecular flexibility index (Phi) is 4.97. The first kappa shape index (κ1) is 17.0. The maximum atomic E-state index is 13.1. The number of halogens is 1. The highest BCUT2D eigenvalue weighted by atomic mass is 19.1. The van der Waals surface area contributed by atoms with Crippen LogP contribution in [0.5, 0.6) is 11.6 Å². The van der Waals surface area contributed by atoms with Crippen LogP contribution in [0.3, 0.4) is 0 Å². The summed E-state index contributed by atoms with van der Waals surface area (Å²) >= 11 is 0. The number of fused-ring (bicyclic) bond motifs is 1. The Hall–Kier alpha value is -2.89. The van der Waals surface area contributed by atoms with E-state index in [4.69, 9.17) is 9.47 Å². The highest BCUT2D eigenvalue weighted by Crippen LogP contribution is 2.29. The van der Waals surface area contributed by atoms with Crippen LogP contribution in [0.15, 0.2) is 42.5 Å². The molecular formula is C19H19FN2O3. The third-order valence-corrected chi connectivity index (χ3v) is 3.83. The van der Waals surface area contributed by atoms with Gasteiger partial charge in [0.1, 0.15) is 11.6 Å². The molecule has 0 aliphatic heterocycles. The lowest BCUT2D eigenvalue weighted by molar-refractivity contribution is -0.134. The van der Waals surface area contributed by atoms with Crippen LogP contribution in [0.25, 0.3) is 10.9 Å². The second kappa shape index (κ2) is 7.34. The maximum absolute atomic E-state index is 13.1. The lowest BCUT2D eigenvalue weighted by Gasteiger charge is -2.04. The molecule has 3 aromatic rings. The first-order valence-corrected chi connectivity index (χ1v) is 8.10. The molecule has 0 saturated heterocycles. The van der Waals surface area contributed by atoms with Crippen LogP contribution in [0.4, 0.5) is 4.39 Å². The quantitative estimate of drug-likeness (QED) is 0.637. The molecule has 130 valence electrons. The van der Waals surface area contributed by atoms with Gasteiger partial charge in [0.15, 0.2) is 0 Å². The zero-order valence-corrected chi connectivity index (χ0v) is 14.2. The molecule has 3 rings (SSSR count). The maximum Gasteiger partial charge on any atom is 0.312 e. The van der Waals surface area contributed by atoms with Gasteiger partial charge >= 0.3 is 5.97 Å². The second-order valence-corrected chi connectivity index (χ2v) is 5.70. The van der Waals surface area contributed by atoms with Gasteiger partial charge in [-0.3, -0.25) is 9.48 Å². The summed E-state index contributed by atoms with van der Waals surface area (Å²) < 4.78 is 25.5. The van der Waals surface area contributed by atoms with E-state index >= 15 is 0 Å². The number of ether oxygens (including phenoxy) is 2. The van der Waals surface area contributed by atoms with E-state index in [1.165, 1.54) is 12.1 Å². The van der Waals surface area contributed by atoms with Crippen molar-refractivity contribution in [2.75, 3.05) is 7.11 Å². The molecule has 25 heavy (non-hydrogen) atoms. The summed E-state index contributed by atoms with van der Waals surface area (Å²) in [5.41, 5.74) is 1.71. The fourth-order valence-corrected chi connectivity index (χ4v) is 2.58. The number of nitrogens with zero attached hydrogens (tertiary/aromatic N) is 2. The van der Waals surface area contributed by atoms with Gasteiger partial charge in [0.05, 0.1) is 24.6 Å². The summed E-state index contributed by atoms with van der Waals surface area (Å²) in [6, 6.07) is 11.7. The fourth-order valence-electron chi connectivity index (χ4n) is 2.58. The van der Waals surface area contributed by atoms with Crippen LogP contribution in [0, 0.1) is 5.82 Å². The summed E-state index contributed by atoms with van der Waals surface area (Å²) in [7, 11) is 1.58. The van der Waals surface area contributed by atoms with Gasteiger partial charge in [-0.15, -0.1) is 5.10 Å². The van der Waals surface area contributed by atoms with Gasteiger partial charge < -0.3 is 9.47 Å². The number of rotatable bonds is 6. The minimum absolute atomic E-state index is 0.259. The van der Waals surface area contributed by atoms with Gasteiger partial charge in [-0.05, 0) is 42.3 Å². The van der Waals surface area contributed by atoms with Gasteiger partial charge in [0.2, 0.25) is 5.88 Å². The molecule has 6 heteroatoms. The molecule has 0 unspecified atom stereocenters. The molecule has 0 radical (unpaired) electrons. The number of hydrogen-bond donors (Lipinski definition) is 0. The average Bonchev–Trinajstić information content (AvgIpc) is 2.94. The zero-order valence-electron chi connectivity index (χ0n) is 14.2. The molecule has 0 fully saturated rings. The molecule has 0 spiro atoms. The van der Waals surface area contributed by atoms with Crippen molar-refractivity contribution in [1.82, 2.24) is 9.78 Å². The van der Waals surface area contributed by atoms with Crippen LogP contribution in [0.1, 0.15) is 25.3 Å². The molecule has 0 N–H and O–H groups in total. The Morgan fingerprint density at radius 1 is 1.20 bits per heavy atom. The molecule has 0 atom stereocenters. The molecule has 1 heterocycles. The Bertz CT molecular complexity index is 888. The van der Waals surface area contributed by atoms with Crippen molar-refractivity contribution in [3.8, 4) is 11.6 Å². The van der Waals surface area contributed by atoms with E-state index in [1.807, 2.05) is 19.1 Å². The molecular weight excluding hydrogens is 323 g/mol. The molecule has 5 nitrogen and oxygen atoms in total. The van der Waals surface area contributed by atoms with Crippen molar-refractivity contribution >= 4 is 16.9 Å². The van der Waals surface area contributed by atoms with E-state index in [0.717, 1.165) is 11.1 Å². The van der Waals surface area contributed by atoms with Crippen LogP contribution >= 0.6 is 0 Å². The summed E-state index contributed by atoms with van der Waals surface area (Å²) in [6.45, 7) is 2.35. The van der Waals surface area contributed by atoms with E-state index in [0.29, 0.717) is 30.5 Å². The van der Waals surface area contributed by atoms with Gasteiger partial charge in [-0.25, -0.2) is 4.39 Å². The summed E-state index contributed by atoms with van der Waals surface area (Å²) in [5.74, 6) is 0.308. The highest BCUT2D eigenvalue weighted by Gasteiger charge is 2.16. The topological polar surface area (TPSA) is 53.3 Å². The Balaban J connectivity index is 1.99.